The van der Waals surface area contributed by atoms with Crippen molar-refractivity contribution >= 4 is 28.3 Å². The van der Waals surface area contributed by atoms with Gasteiger partial charge in [0.05, 0.1) is 11.0 Å². The molecule has 1 heterocycles. The van der Waals surface area contributed by atoms with Gasteiger partial charge in [-0.1, -0.05) is 0 Å². The van der Waals surface area contributed by atoms with Crippen molar-refractivity contribution in [1.29, 1.82) is 0 Å². The number of aromatic nitrogens is 1. The van der Waals surface area contributed by atoms with E-state index >= 15 is 0 Å². The molecule has 0 aromatic carbocycles. The summed E-state index contributed by atoms with van der Waals surface area (Å²) in [5.41, 5.74) is -1.74. The second kappa shape index (κ2) is 4.98. The van der Waals surface area contributed by atoms with Crippen molar-refractivity contribution in [2.24, 2.45) is 0 Å². The van der Waals surface area contributed by atoms with Crippen LogP contribution in [0.4, 0.5) is 23.2 Å². The minimum Gasteiger partial charge on any atom is -0.396 e. The summed E-state index contributed by atoms with van der Waals surface area (Å²) in [5.74, 6) is -1.22. The van der Waals surface area contributed by atoms with Crippen LogP contribution in [0.15, 0.2) is 6.07 Å². The highest BCUT2D eigenvalue weighted by Gasteiger charge is 2.36. The van der Waals surface area contributed by atoms with Crippen LogP contribution in [0.3, 0.4) is 0 Å². The Morgan fingerprint density at radius 1 is 1.53 bits per heavy atom. The summed E-state index contributed by atoms with van der Waals surface area (Å²) >= 11 is 1.52. The second-order valence-electron chi connectivity index (χ2n) is 2.68. The van der Waals surface area contributed by atoms with Crippen LogP contribution in [0.25, 0.3) is 0 Å². The number of rotatable bonds is 3. The zero-order chi connectivity index (χ0) is 13.2. The topological polar surface area (TPSA) is 65.3 Å². The molecule has 17 heavy (non-hydrogen) atoms. The largest absolute Gasteiger partial charge is 0.573 e. The lowest BCUT2D eigenvalue weighted by atomic mass is 10.3. The number of pyridine rings is 1. The quantitative estimate of drug-likeness (QED) is 0.271. The van der Waals surface area contributed by atoms with Gasteiger partial charge in [-0.15, -0.1) is 13.2 Å². The minimum atomic E-state index is -5.15. The van der Waals surface area contributed by atoms with Crippen LogP contribution in [0.1, 0.15) is 5.69 Å². The van der Waals surface area contributed by atoms with Gasteiger partial charge in [0.1, 0.15) is 16.1 Å². The van der Waals surface area contributed by atoms with E-state index in [9.17, 15) is 27.7 Å². The van der Waals surface area contributed by atoms with E-state index in [2.05, 4.69) is 9.72 Å². The zero-order valence-corrected chi connectivity index (χ0v) is 9.95. The van der Waals surface area contributed by atoms with E-state index in [0.29, 0.717) is 0 Å². The fourth-order valence-corrected chi connectivity index (χ4v) is 1.58. The van der Waals surface area contributed by atoms with E-state index in [0.717, 1.165) is 6.07 Å². The van der Waals surface area contributed by atoms with Gasteiger partial charge in [-0.05, 0) is 22.6 Å². The van der Waals surface area contributed by atoms with Crippen LogP contribution < -0.4 is 4.74 Å². The van der Waals surface area contributed by atoms with Crippen LogP contribution in [0.5, 0.6) is 5.75 Å². The average molecular weight is 366 g/mol. The molecule has 94 valence electrons. The number of halogens is 5. The first kappa shape index (κ1) is 13.9. The number of nitro groups is 1. The molecule has 0 spiro atoms. The van der Waals surface area contributed by atoms with Gasteiger partial charge in [0.25, 0.3) is 0 Å². The van der Waals surface area contributed by atoms with Gasteiger partial charge in [0.2, 0.25) is 5.75 Å². The summed E-state index contributed by atoms with van der Waals surface area (Å²) in [7, 11) is 0. The first-order valence-electron chi connectivity index (χ1n) is 3.90. The summed E-state index contributed by atoms with van der Waals surface area (Å²) in [6.45, 7) is -1.40. The lowest BCUT2D eigenvalue weighted by Crippen LogP contribution is -2.19. The summed E-state index contributed by atoms with van der Waals surface area (Å²) in [6.07, 6.45) is -5.15. The molecule has 5 nitrogen and oxygen atoms in total. The summed E-state index contributed by atoms with van der Waals surface area (Å²) in [4.78, 5) is 12.8. The summed E-state index contributed by atoms with van der Waals surface area (Å²) in [6, 6.07) is 0.765. The molecule has 0 aliphatic rings. The molecule has 0 N–H and O–H groups in total. The smallest absolute Gasteiger partial charge is 0.396 e. The lowest BCUT2D eigenvalue weighted by molar-refractivity contribution is -0.388. The van der Waals surface area contributed by atoms with Crippen molar-refractivity contribution in [1.82, 2.24) is 4.98 Å². The fourth-order valence-electron chi connectivity index (χ4n) is 0.991. The molecule has 0 saturated heterocycles. The highest BCUT2D eigenvalue weighted by Crippen LogP contribution is 2.35. The van der Waals surface area contributed by atoms with E-state index in [4.69, 9.17) is 0 Å². The standard InChI is InChI=1S/C7H3F4IN2O3/c8-2-3-6(17-7(9,10)11)4(14(15)16)1-5(12)13-3/h1H,2H2. The van der Waals surface area contributed by atoms with Crippen LogP contribution in [0.2, 0.25) is 0 Å². The van der Waals surface area contributed by atoms with Crippen LogP contribution >= 0.6 is 22.6 Å². The molecule has 1 aromatic rings. The van der Waals surface area contributed by atoms with Gasteiger partial charge in [-0.3, -0.25) is 10.1 Å². The van der Waals surface area contributed by atoms with Gasteiger partial charge in [-0.25, -0.2) is 9.37 Å². The Bertz CT molecular complexity index is 451. The van der Waals surface area contributed by atoms with E-state index in [1.54, 1.807) is 0 Å². The Morgan fingerprint density at radius 2 is 2.12 bits per heavy atom. The maximum atomic E-state index is 12.4. The molecular formula is C7H3F4IN2O3. The molecule has 0 saturated carbocycles. The number of alkyl halides is 4. The van der Waals surface area contributed by atoms with Crippen molar-refractivity contribution in [2.45, 2.75) is 13.0 Å². The van der Waals surface area contributed by atoms with Crippen molar-refractivity contribution in [3.8, 4) is 5.75 Å². The maximum Gasteiger partial charge on any atom is 0.573 e. The molecule has 0 aliphatic heterocycles. The third-order valence-electron chi connectivity index (χ3n) is 1.53. The monoisotopic (exact) mass is 366 g/mol. The predicted molar refractivity (Wildman–Crippen MR) is 55.1 cm³/mol. The number of hydrogen-bond donors (Lipinski definition) is 0. The Hall–Kier alpha value is -1.20. The third-order valence-corrected chi connectivity index (χ3v) is 2.09. The molecule has 1 aromatic heterocycles. The van der Waals surface area contributed by atoms with E-state index in [1.165, 1.54) is 22.6 Å². The molecule has 0 amide bonds. The maximum absolute atomic E-state index is 12.4. The summed E-state index contributed by atoms with van der Waals surface area (Å²) in [5, 5.41) is 10.5. The number of ether oxygens (including phenoxy) is 1. The van der Waals surface area contributed by atoms with Gasteiger partial charge in [-0.2, -0.15) is 0 Å². The zero-order valence-electron chi connectivity index (χ0n) is 7.79. The number of hydrogen-bond acceptors (Lipinski definition) is 4. The highest BCUT2D eigenvalue weighted by atomic mass is 127. The normalized spacial score (nSPS) is 11.4. The van der Waals surface area contributed by atoms with E-state index < -0.39 is 35.1 Å². The average Bonchev–Trinajstić information content (AvgIpc) is 2.17. The molecule has 0 bridgehead atoms. The highest BCUT2D eigenvalue weighted by molar-refractivity contribution is 14.1. The molecular weight excluding hydrogens is 363 g/mol. The Balaban J connectivity index is 3.37. The molecule has 1 rings (SSSR count). The van der Waals surface area contributed by atoms with E-state index in [1.807, 2.05) is 0 Å². The van der Waals surface area contributed by atoms with Gasteiger partial charge in [0, 0.05) is 0 Å². The first-order chi connectivity index (χ1) is 7.74. The van der Waals surface area contributed by atoms with Crippen molar-refractivity contribution in [3.63, 3.8) is 0 Å². The van der Waals surface area contributed by atoms with Crippen LogP contribution in [-0.2, 0) is 6.67 Å². The molecule has 0 atom stereocenters. The van der Waals surface area contributed by atoms with Crippen molar-refractivity contribution < 1.29 is 27.2 Å². The molecule has 10 heteroatoms. The third kappa shape index (κ3) is 3.64. The molecule has 0 unspecified atom stereocenters. The first-order valence-corrected chi connectivity index (χ1v) is 4.98. The predicted octanol–water partition coefficient (Wildman–Crippen LogP) is 2.96. The number of nitrogens with zero attached hydrogens (tertiary/aromatic N) is 2. The minimum absolute atomic E-state index is 0.00326. The summed E-state index contributed by atoms with van der Waals surface area (Å²) < 4.78 is 51.9. The fraction of sp³-hybridized carbons (Fsp3) is 0.286. The lowest BCUT2D eigenvalue weighted by Gasteiger charge is -2.11. The molecule has 0 aliphatic carbocycles. The Labute approximate surface area is 105 Å². The molecule has 0 fully saturated rings. The van der Waals surface area contributed by atoms with Gasteiger partial charge in [0.15, 0.2) is 0 Å². The molecule has 0 radical (unpaired) electrons. The van der Waals surface area contributed by atoms with Crippen LogP contribution in [0, 0.1) is 13.8 Å². The van der Waals surface area contributed by atoms with E-state index in [-0.39, 0.29) is 3.70 Å². The van der Waals surface area contributed by atoms with Gasteiger partial charge < -0.3 is 4.74 Å². The van der Waals surface area contributed by atoms with Crippen molar-refractivity contribution in [3.05, 3.63) is 25.6 Å². The van der Waals surface area contributed by atoms with Crippen LogP contribution in [-0.4, -0.2) is 16.3 Å². The SMILES string of the molecule is O=[N+]([O-])c1cc(I)nc(CF)c1OC(F)(F)F. The second-order valence-corrected chi connectivity index (χ2v) is 3.78. The van der Waals surface area contributed by atoms with Crippen molar-refractivity contribution in [2.75, 3.05) is 0 Å². The Morgan fingerprint density at radius 3 is 2.53 bits per heavy atom. The van der Waals surface area contributed by atoms with Gasteiger partial charge >= 0.3 is 12.0 Å². The Kier molecular flexibility index (Phi) is 4.06.